The van der Waals surface area contributed by atoms with Crippen molar-refractivity contribution in [2.24, 2.45) is 29.6 Å². The maximum atomic E-state index is 11.8. The van der Waals surface area contributed by atoms with Crippen LogP contribution in [0.5, 0.6) is 0 Å². The van der Waals surface area contributed by atoms with Gasteiger partial charge in [0.05, 0.1) is 6.07 Å². The lowest BCUT2D eigenvalue weighted by Crippen LogP contribution is -2.45. The van der Waals surface area contributed by atoms with Crippen molar-refractivity contribution < 1.29 is 4.79 Å². The third kappa shape index (κ3) is 2.63. The molecule has 3 nitrogen and oxygen atoms in total. The molecule has 0 radical (unpaired) electrons. The number of hydrogen-bond acceptors (Lipinski definition) is 2. The maximum absolute atomic E-state index is 11.8. The number of carbonyl (C=O) groups excluding carboxylic acids is 1. The van der Waals surface area contributed by atoms with Crippen molar-refractivity contribution in [3.63, 3.8) is 0 Å². The second-order valence-corrected chi connectivity index (χ2v) is 7.05. The van der Waals surface area contributed by atoms with Crippen molar-refractivity contribution in [3.8, 4) is 6.07 Å². The highest BCUT2D eigenvalue weighted by atomic mass is 16.1. The quantitative estimate of drug-likeness (QED) is 0.845. The summed E-state index contributed by atoms with van der Waals surface area (Å²) in [6.07, 6.45) is 8.83. The fourth-order valence-corrected chi connectivity index (χ4v) is 5.15. The molecule has 4 bridgehead atoms. The normalized spacial score (nSPS) is 40.7. The van der Waals surface area contributed by atoms with Gasteiger partial charge in [-0.2, -0.15) is 5.26 Å². The minimum absolute atomic E-state index is 0.0582. The summed E-state index contributed by atoms with van der Waals surface area (Å²) in [7, 11) is 0. The number of hydrogen-bond donors (Lipinski definition) is 1. The van der Waals surface area contributed by atoms with Gasteiger partial charge in [0.25, 0.3) is 0 Å². The fraction of sp³-hybridized carbons (Fsp3) is 0.875. The highest BCUT2D eigenvalue weighted by Crippen LogP contribution is 2.57. The van der Waals surface area contributed by atoms with E-state index in [1.165, 1.54) is 32.1 Å². The molecule has 1 N–H and O–H groups in total. The number of nitrogens with one attached hydrogen (secondary N) is 1. The summed E-state index contributed by atoms with van der Waals surface area (Å²) in [5.74, 6) is 4.66. The van der Waals surface area contributed by atoms with E-state index >= 15 is 0 Å². The Kier molecular flexibility index (Phi) is 3.52. The molecular formula is C16H24N2O. The van der Waals surface area contributed by atoms with E-state index in [0.29, 0.717) is 6.42 Å². The van der Waals surface area contributed by atoms with E-state index in [1.807, 2.05) is 0 Å². The molecule has 1 amide bonds. The van der Waals surface area contributed by atoms with E-state index < -0.39 is 0 Å². The van der Waals surface area contributed by atoms with Crippen molar-refractivity contribution in [2.45, 2.75) is 57.9 Å². The summed E-state index contributed by atoms with van der Waals surface area (Å²) < 4.78 is 0. The molecule has 4 aliphatic carbocycles. The van der Waals surface area contributed by atoms with Gasteiger partial charge in [-0.05, 0) is 75.0 Å². The first kappa shape index (κ1) is 13.0. The maximum Gasteiger partial charge on any atom is 0.221 e. The zero-order chi connectivity index (χ0) is 13.4. The standard InChI is InChI=1S/C16H24N2O/c1-10(9-17)18-16(19)3-2-15-13-5-11-4-12(7-13)8-14(15)6-11/h10-15H,2-8H2,1H3,(H,18,19). The van der Waals surface area contributed by atoms with Crippen LogP contribution in [0.1, 0.15) is 51.9 Å². The molecule has 104 valence electrons. The molecule has 0 aromatic heterocycles. The number of rotatable bonds is 4. The third-order valence-electron chi connectivity index (χ3n) is 5.70. The molecule has 4 rings (SSSR count). The van der Waals surface area contributed by atoms with Gasteiger partial charge in [-0.3, -0.25) is 4.79 Å². The lowest BCUT2D eigenvalue weighted by Gasteiger charge is -2.54. The van der Waals surface area contributed by atoms with Gasteiger partial charge in [0, 0.05) is 6.42 Å². The number of amides is 1. The third-order valence-corrected chi connectivity index (χ3v) is 5.70. The highest BCUT2D eigenvalue weighted by molar-refractivity contribution is 5.76. The molecule has 4 saturated carbocycles. The Balaban J connectivity index is 1.51. The first-order valence-corrected chi connectivity index (χ1v) is 7.84. The van der Waals surface area contributed by atoms with Crippen LogP contribution in [-0.2, 0) is 4.79 Å². The highest BCUT2D eigenvalue weighted by Gasteiger charge is 2.47. The van der Waals surface area contributed by atoms with Crippen LogP contribution >= 0.6 is 0 Å². The summed E-state index contributed by atoms with van der Waals surface area (Å²) in [5.41, 5.74) is 0. The average molecular weight is 260 g/mol. The summed E-state index contributed by atoms with van der Waals surface area (Å²) in [5, 5.41) is 11.5. The summed E-state index contributed by atoms with van der Waals surface area (Å²) in [6, 6.07) is 1.70. The summed E-state index contributed by atoms with van der Waals surface area (Å²) >= 11 is 0. The molecule has 0 saturated heterocycles. The van der Waals surface area contributed by atoms with Gasteiger partial charge < -0.3 is 5.32 Å². The Morgan fingerprint density at radius 3 is 2.32 bits per heavy atom. The van der Waals surface area contributed by atoms with E-state index in [1.54, 1.807) is 6.92 Å². The molecule has 0 spiro atoms. The Labute approximate surface area is 115 Å². The van der Waals surface area contributed by atoms with Crippen molar-refractivity contribution in [1.29, 1.82) is 5.26 Å². The van der Waals surface area contributed by atoms with Crippen LogP contribution in [-0.4, -0.2) is 11.9 Å². The van der Waals surface area contributed by atoms with E-state index in [9.17, 15) is 4.79 Å². The van der Waals surface area contributed by atoms with Crippen molar-refractivity contribution in [3.05, 3.63) is 0 Å². The Morgan fingerprint density at radius 2 is 1.79 bits per heavy atom. The van der Waals surface area contributed by atoms with Gasteiger partial charge in [0.15, 0.2) is 0 Å². The zero-order valence-corrected chi connectivity index (χ0v) is 11.8. The van der Waals surface area contributed by atoms with Crippen LogP contribution in [0.25, 0.3) is 0 Å². The van der Waals surface area contributed by atoms with Crippen molar-refractivity contribution >= 4 is 5.91 Å². The topological polar surface area (TPSA) is 52.9 Å². The molecule has 4 aliphatic rings. The first-order valence-electron chi connectivity index (χ1n) is 7.84. The van der Waals surface area contributed by atoms with Crippen LogP contribution in [0.15, 0.2) is 0 Å². The fourth-order valence-electron chi connectivity index (χ4n) is 5.15. The zero-order valence-electron chi connectivity index (χ0n) is 11.8. The lowest BCUT2D eigenvalue weighted by atomic mass is 9.51. The molecule has 0 aliphatic heterocycles. The van der Waals surface area contributed by atoms with Crippen LogP contribution < -0.4 is 5.32 Å². The van der Waals surface area contributed by atoms with Gasteiger partial charge in [0.2, 0.25) is 5.91 Å². The Hall–Kier alpha value is -1.04. The molecule has 0 aromatic rings. The SMILES string of the molecule is CC(C#N)NC(=O)CCC1C2CC3CC(C2)CC1C3. The number of carbonyl (C=O) groups is 1. The summed E-state index contributed by atoms with van der Waals surface area (Å²) in [6.45, 7) is 1.74. The minimum Gasteiger partial charge on any atom is -0.341 e. The van der Waals surface area contributed by atoms with Gasteiger partial charge in [-0.15, -0.1) is 0 Å². The molecule has 1 unspecified atom stereocenters. The Bertz CT molecular complexity index is 370. The monoisotopic (exact) mass is 260 g/mol. The van der Waals surface area contributed by atoms with Crippen molar-refractivity contribution in [1.82, 2.24) is 5.32 Å². The average Bonchev–Trinajstić information content (AvgIpc) is 2.36. The molecule has 4 fully saturated rings. The van der Waals surface area contributed by atoms with Crippen LogP contribution in [0.2, 0.25) is 0 Å². The predicted molar refractivity (Wildman–Crippen MR) is 73.0 cm³/mol. The number of nitrogens with zero attached hydrogens (tertiary/aromatic N) is 1. The molecule has 1 atom stereocenters. The predicted octanol–water partition coefficient (Wildman–Crippen LogP) is 2.87. The minimum atomic E-state index is -0.356. The molecule has 19 heavy (non-hydrogen) atoms. The van der Waals surface area contributed by atoms with E-state index in [4.69, 9.17) is 5.26 Å². The first-order chi connectivity index (χ1) is 9.15. The van der Waals surface area contributed by atoms with Gasteiger partial charge in [-0.1, -0.05) is 0 Å². The van der Waals surface area contributed by atoms with E-state index in [0.717, 1.165) is 36.0 Å². The smallest absolute Gasteiger partial charge is 0.221 e. The van der Waals surface area contributed by atoms with E-state index in [2.05, 4.69) is 11.4 Å². The van der Waals surface area contributed by atoms with Crippen molar-refractivity contribution in [2.75, 3.05) is 0 Å². The van der Waals surface area contributed by atoms with Gasteiger partial charge in [0.1, 0.15) is 6.04 Å². The molecule has 0 heterocycles. The summed E-state index contributed by atoms with van der Waals surface area (Å²) in [4.78, 5) is 11.8. The molecule has 0 aromatic carbocycles. The number of nitriles is 1. The molecular weight excluding hydrogens is 236 g/mol. The lowest BCUT2D eigenvalue weighted by molar-refractivity contribution is -0.122. The van der Waals surface area contributed by atoms with Gasteiger partial charge >= 0.3 is 0 Å². The van der Waals surface area contributed by atoms with Crippen LogP contribution in [0.4, 0.5) is 0 Å². The van der Waals surface area contributed by atoms with Crippen LogP contribution in [0.3, 0.4) is 0 Å². The largest absolute Gasteiger partial charge is 0.341 e. The van der Waals surface area contributed by atoms with E-state index in [-0.39, 0.29) is 11.9 Å². The second kappa shape index (κ2) is 5.15. The van der Waals surface area contributed by atoms with Crippen LogP contribution in [0, 0.1) is 40.9 Å². The van der Waals surface area contributed by atoms with Gasteiger partial charge in [-0.25, -0.2) is 0 Å². The molecule has 3 heteroatoms. The second-order valence-electron chi connectivity index (χ2n) is 7.05. The Morgan fingerprint density at radius 1 is 1.21 bits per heavy atom.